The van der Waals surface area contributed by atoms with Gasteiger partial charge in [-0.3, -0.25) is 4.79 Å². The minimum Gasteiger partial charge on any atom is -0.393 e. The Balaban J connectivity index is 1.78. The molecule has 100 valence electrons. The molecule has 19 heavy (non-hydrogen) atoms. The minimum absolute atomic E-state index is 0.127. The molecule has 1 saturated carbocycles. The predicted molar refractivity (Wildman–Crippen MR) is 73.4 cm³/mol. The van der Waals surface area contributed by atoms with E-state index >= 15 is 0 Å². The Kier molecular flexibility index (Phi) is 2.56. The zero-order chi connectivity index (χ0) is 13.0. The Labute approximate surface area is 113 Å². The molecule has 0 heterocycles. The lowest BCUT2D eigenvalue weighted by atomic mass is 9.66. The van der Waals surface area contributed by atoms with Crippen molar-refractivity contribution in [2.45, 2.75) is 44.6 Å². The molecule has 2 heteroatoms. The van der Waals surface area contributed by atoms with Crippen molar-refractivity contribution in [1.29, 1.82) is 0 Å². The van der Waals surface area contributed by atoms with Gasteiger partial charge in [0.05, 0.1) is 6.10 Å². The van der Waals surface area contributed by atoms with Crippen LogP contribution in [0.15, 0.2) is 34.9 Å². The minimum atomic E-state index is -0.127. The molecule has 0 aliphatic heterocycles. The summed E-state index contributed by atoms with van der Waals surface area (Å²) in [5.41, 5.74) is 4.23. The zero-order valence-corrected chi connectivity index (χ0v) is 11.1. The van der Waals surface area contributed by atoms with Crippen molar-refractivity contribution in [1.82, 2.24) is 0 Å². The fraction of sp³-hybridized carbons (Fsp3) is 0.588. The lowest BCUT2D eigenvalue weighted by molar-refractivity contribution is -0.114. The molecule has 0 aromatic rings. The highest BCUT2D eigenvalue weighted by molar-refractivity contribution is 5.93. The van der Waals surface area contributed by atoms with Crippen LogP contribution in [0.25, 0.3) is 0 Å². The molecular weight excluding hydrogens is 236 g/mol. The van der Waals surface area contributed by atoms with Crippen LogP contribution in [0.2, 0.25) is 0 Å². The van der Waals surface area contributed by atoms with E-state index < -0.39 is 0 Å². The number of allylic oxidation sites excluding steroid dienone is 5. The van der Waals surface area contributed by atoms with Gasteiger partial charge in [0.1, 0.15) is 0 Å². The van der Waals surface area contributed by atoms with Crippen molar-refractivity contribution < 1.29 is 9.90 Å². The second-order valence-corrected chi connectivity index (χ2v) is 6.46. The molecule has 0 bridgehead atoms. The monoisotopic (exact) mass is 256 g/mol. The van der Waals surface area contributed by atoms with Crippen LogP contribution < -0.4 is 0 Å². The number of rotatable bonds is 0. The molecule has 1 N–H and O–H groups in total. The normalized spacial score (nSPS) is 40.7. The summed E-state index contributed by atoms with van der Waals surface area (Å²) in [5.74, 6) is 1.95. The third kappa shape index (κ3) is 1.69. The Morgan fingerprint density at radius 3 is 2.89 bits per heavy atom. The van der Waals surface area contributed by atoms with Gasteiger partial charge in [-0.2, -0.15) is 0 Å². The standard InChI is InChI=1S/C17H20O2/c18-11-2-4-12-10(9-11)1-3-14-13(12)5-6-16-15(14)7-8-17(16)19/h5-6,9,14-17,19H,1-4,7-8H2. The van der Waals surface area contributed by atoms with Gasteiger partial charge in [-0.25, -0.2) is 0 Å². The van der Waals surface area contributed by atoms with Crippen molar-refractivity contribution in [2.24, 2.45) is 17.8 Å². The molecule has 0 aromatic heterocycles. The van der Waals surface area contributed by atoms with E-state index in [-0.39, 0.29) is 6.10 Å². The molecule has 0 spiro atoms. The fourth-order valence-corrected chi connectivity index (χ4v) is 4.66. The number of ketones is 1. The van der Waals surface area contributed by atoms with Gasteiger partial charge >= 0.3 is 0 Å². The van der Waals surface area contributed by atoms with Crippen LogP contribution in [0.1, 0.15) is 38.5 Å². The van der Waals surface area contributed by atoms with Crippen LogP contribution in [0.5, 0.6) is 0 Å². The second kappa shape index (κ2) is 4.17. The Hall–Kier alpha value is -1.15. The van der Waals surface area contributed by atoms with Crippen LogP contribution in [0.3, 0.4) is 0 Å². The van der Waals surface area contributed by atoms with Gasteiger partial charge < -0.3 is 5.11 Å². The zero-order valence-electron chi connectivity index (χ0n) is 11.1. The Bertz CT molecular complexity index is 523. The third-order valence-electron chi connectivity index (χ3n) is 5.57. The summed E-state index contributed by atoms with van der Waals surface area (Å²) in [6, 6.07) is 0. The van der Waals surface area contributed by atoms with Crippen LogP contribution in [-0.4, -0.2) is 17.0 Å². The molecule has 4 aliphatic rings. The summed E-state index contributed by atoms with van der Waals surface area (Å²) < 4.78 is 0. The molecule has 2 nitrogen and oxygen atoms in total. The lowest BCUT2D eigenvalue weighted by Gasteiger charge is -2.39. The maximum absolute atomic E-state index is 11.6. The van der Waals surface area contributed by atoms with Crippen molar-refractivity contribution >= 4 is 5.78 Å². The van der Waals surface area contributed by atoms with Crippen molar-refractivity contribution in [3.63, 3.8) is 0 Å². The van der Waals surface area contributed by atoms with Crippen molar-refractivity contribution in [3.05, 3.63) is 34.9 Å². The first-order valence-electron chi connectivity index (χ1n) is 7.57. The van der Waals surface area contributed by atoms with Gasteiger partial charge in [-0.1, -0.05) is 12.2 Å². The summed E-state index contributed by atoms with van der Waals surface area (Å²) in [4.78, 5) is 11.6. The van der Waals surface area contributed by atoms with Gasteiger partial charge in [-0.05, 0) is 66.7 Å². The molecule has 0 aromatic carbocycles. The molecule has 0 radical (unpaired) electrons. The lowest BCUT2D eigenvalue weighted by Crippen LogP contribution is -2.31. The molecule has 4 aliphatic carbocycles. The van der Waals surface area contributed by atoms with E-state index in [0.717, 1.165) is 32.1 Å². The van der Waals surface area contributed by atoms with Crippen LogP contribution >= 0.6 is 0 Å². The maximum atomic E-state index is 11.6. The summed E-state index contributed by atoms with van der Waals surface area (Å²) >= 11 is 0. The van der Waals surface area contributed by atoms with Crippen LogP contribution in [-0.2, 0) is 4.79 Å². The molecular formula is C17H20O2. The second-order valence-electron chi connectivity index (χ2n) is 6.46. The van der Waals surface area contributed by atoms with E-state index in [1.54, 1.807) is 0 Å². The SMILES string of the molecule is O=C1C=C2CCC3C(=C2CC1)C=CC1C(O)CCC31. The predicted octanol–water partition coefficient (Wildman–Crippen LogP) is 2.94. The average molecular weight is 256 g/mol. The summed E-state index contributed by atoms with van der Waals surface area (Å²) in [7, 11) is 0. The van der Waals surface area contributed by atoms with Gasteiger partial charge in [0.15, 0.2) is 5.78 Å². The Morgan fingerprint density at radius 2 is 2.00 bits per heavy atom. The highest BCUT2D eigenvalue weighted by Crippen LogP contribution is 2.51. The quantitative estimate of drug-likeness (QED) is 0.723. The van der Waals surface area contributed by atoms with Crippen molar-refractivity contribution in [2.75, 3.05) is 0 Å². The molecule has 0 amide bonds. The van der Waals surface area contributed by atoms with Gasteiger partial charge in [0, 0.05) is 12.3 Å². The number of aliphatic hydroxyl groups is 1. The molecule has 1 fully saturated rings. The first-order valence-corrected chi connectivity index (χ1v) is 7.57. The average Bonchev–Trinajstić information content (AvgIpc) is 2.80. The summed E-state index contributed by atoms with van der Waals surface area (Å²) in [6.45, 7) is 0. The summed E-state index contributed by atoms with van der Waals surface area (Å²) in [6.07, 6.45) is 12.2. The van der Waals surface area contributed by atoms with Gasteiger partial charge in [0.25, 0.3) is 0 Å². The van der Waals surface area contributed by atoms with E-state index in [0.29, 0.717) is 30.0 Å². The molecule has 4 atom stereocenters. The number of hydrogen-bond acceptors (Lipinski definition) is 2. The largest absolute Gasteiger partial charge is 0.393 e. The molecule has 4 unspecified atom stereocenters. The van der Waals surface area contributed by atoms with Gasteiger partial charge in [-0.15, -0.1) is 0 Å². The van der Waals surface area contributed by atoms with Crippen molar-refractivity contribution in [3.8, 4) is 0 Å². The highest BCUT2D eigenvalue weighted by Gasteiger charge is 2.43. The van der Waals surface area contributed by atoms with E-state index in [1.165, 1.54) is 16.7 Å². The topological polar surface area (TPSA) is 37.3 Å². The van der Waals surface area contributed by atoms with E-state index in [4.69, 9.17) is 0 Å². The summed E-state index contributed by atoms with van der Waals surface area (Å²) in [5, 5.41) is 10.1. The number of carbonyl (C=O) groups is 1. The number of fused-ring (bicyclic) bond motifs is 4. The third-order valence-corrected chi connectivity index (χ3v) is 5.57. The first-order chi connectivity index (χ1) is 9.24. The molecule has 4 rings (SSSR count). The van der Waals surface area contributed by atoms with Crippen LogP contribution in [0, 0.1) is 17.8 Å². The fourth-order valence-electron chi connectivity index (χ4n) is 4.66. The number of hydrogen-bond donors (Lipinski definition) is 1. The first kappa shape index (κ1) is 11.7. The number of carbonyl (C=O) groups excluding carboxylic acids is 1. The highest BCUT2D eigenvalue weighted by atomic mass is 16.3. The molecule has 0 saturated heterocycles. The smallest absolute Gasteiger partial charge is 0.156 e. The van der Waals surface area contributed by atoms with Gasteiger partial charge in [0.2, 0.25) is 0 Å². The van der Waals surface area contributed by atoms with E-state index in [1.807, 2.05) is 6.08 Å². The van der Waals surface area contributed by atoms with E-state index in [2.05, 4.69) is 12.2 Å². The Morgan fingerprint density at radius 1 is 1.11 bits per heavy atom. The van der Waals surface area contributed by atoms with E-state index in [9.17, 15) is 9.90 Å². The maximum Gasteiger partial charge on any atom is 0.156 e. The van der Waals surface area contributed by atoms with Crippen LogP contribution in [0.4, 0.5) is 0 Å². The number of aliphatic hydroxyl groups excluding tert-OH is 1.